The molecule has 174 valence electrons. The molecule has 0 spiro atoms. The number of hydrogen-bond donors (Lipinski definition) is 1. The Morgan fingerprint density at radius 1 is 1.09 bits per heavy atom. The third kappa shape index (κ3) is 7.01. The summed E-state index contributed by atoms with van der Waals surface area (Å²) in [6.07, 6.45) is 0.487. The molecule has 0 aliphatic rings. The molecule has 0 saturated heterocycles. The average molecular weight is 441 g/mol. The zero-order chi connectivity index (χ0) is 23.9. The van der Waals surface area contributed by atoms with Gasteiger partial charge in [-0.05, 0) is 75.9 Å². The summed E-state index contributed by atoms with van der Waals surface area (Å²) in [4.78, 5) is 28.0. The molecule has 32 heavy (non-hydrogen) atoms. The van der Waals surface area contributed by atoms with E-state index in [1.165, 1.54) is 0 Å². The monoisotopic (exact) mass is 440 g/mol. The van der Waals surface area contributed by atoms with E-state index in [1.54, 1.807) is 12.0 Å². The molecule has 1 unspecified atom stereocenters. The highest BCUT2D eigenvalue weighted by molar-refractivity contribution is 5.88. The van der Waals surface area contributed by atoms with Crippen LogP contribution in [0.1, 0.15) is 50.8 Å². The molecule has 0 radical (unpaired) electrons. The van der Waals surface area contributed by atoms with Gasteiger partial charge in [0.05, 0.1) is 7.11 Å². The molecule has 0 heterocycles. The van der Waals surface area contributed by atoms with Gasteiger partial charge < -0.3 is 19.7 Å². The van der Waals surface area contributed by atoms with Gasteiger partial charge in [-0.15, -0.1) is 0 Å². The lowest BCUT2D eigenvalue weighted by molar-refractivity contribution is -0.143. The van der Waals surface area contributed by atoms with Crippen molar-refractivity contribution in [2.75, 3.05) is 13.7 Å². The van der Waals surface area contributed by atoms with Crippen molar-refractivity contribution in [3.05, 3.63) is 59.2 Å². The van der Waals surface area contributed by atoms with Crippen LogP contribution in [0.3, 0.4) is 0 Å². The Kier molecular flexibility index (Phi) is 8.70. The van der Waals surface area contributed by atoms with Crippen molar-refractivity contribution < 1.29 is 19.1 Å². The summed E-state index contributed by atoms with van der Waals surface area (Å²) in [5.74, 6) is 0.952. The number of ether oxygens (including phenoxy) is 2. The molecule has 0 saturated carbocycles. The maximum atomic E-state index is 13.3. The lowest BCUT2D eigenvalue weighted by Crippen LogP contribution is -2.54. The Hall–Kier alpha value is -3.02. The number of hydrogen-bond acceptors (Lipinski definition) is 4. The van der Waals surface area contributed by atoms with Crippen molar-refractivity contribution in [3.8, 4) is 11.5 Å². The largest absolute Gasteiger partial charge is 0.497 e. The number of amides is 2. The van der Waals surface area contributed by atoms with Crippen molar-refractivity contribution >= 4 is 11.8 Å². The first-order chi connectivity index (χ1) is 15.1. The normalized spacial score (nSPS) is 12.1. The maximum absolute atomic E-state index is 13.3. The molecule has 2 rings (SSSR count). The van der Waals surface area contributed by atoms with Gasteiger partial charge in [0, 0.05) is 12.1 Å². The maximum Gasteiger partial charge on any atom is 0.261 e. The quantitative estimate of drug-likeness (QED) is 0.627. The fourth-order valence-corrected chi connectivity index (χ4v) is 3.44. The molecule has 6 nitrogen and oxygen atoms in total. The molecule has 0 bridgehead atoms. The Balaban J connectivity index is 2.29. The first kappa shape index (κ1) is 25.2. The number of methoxy groups -OCH3 is 1. The van der Waals surface area contributed by atoms with E-state index in [2.05, 4.69) is 5.32 Å². The molecule has 0 aliphatic heterocycles. The van der Waals surface area contributed by atoms with Crippen LogP contribution in [0.2, 0.25) is 0 Å². The summed E-state index contributed by atoms with van der Waals surface area (Å²) in [5.41, 5.74) is 2.58. The lowest BCUT2D eigenvalue weighted by atomic mass is 10.1. The highest BCUT2D eigenvalue weighted by Crippen LogP contribution is 2.22. The third-order valence-corrected chi connectivity index (χ3v) is 5.28. The smallest absolute Gasteiger partial charge is 0.261 e. The molecule has 0 aliphatic carbocycles. The van der Waals surface area contributed by atoms with E-state index in [0.717, 1.165) is 16.7 Å². The van der Waals surface area contributed by atoms with Crippen LogP contribution < -0.4 is 14.8 Å². The molecular formula is C26H36N2O4. The average Bonchev–Trinajstić information content (AvgIpc) is 2.73. The third-order valence-electron chi connectivity index (χ3n) is 5.28. The Bertz CT molecular complexity index is 934. The first-order valence-corrected chi connectivity index (χ1v) is 11.0. The molecule has 2 aromatic rings. The van der Waals surface area contributed by atoms with Crippen LogP contribution in [-0.4, -0.2) is 42.0 Å². The number of nitrogens with zero attached hydrogens (tertiary/aromatic N) is 1. The molecule has 0 aromatic heterocycles. The summed E-state index contributed by atoms with van der Waals surface area (Å²) >= 11 is 0. The predicted octanol–water partition coefficient (Wildman–Crippen LogP) is 4.41. The Labute approximate surface area is 191 Å². The number of carbonyl (C=O) groups is 2. The van der Waals surface area contributed by atoms with Crippen LogP contribution in [0.15, 0.2) is 42.5 Å². The zero-order valence-corrected chi connectivity index (χ0v) is 20.3. The van der Waals surface area contributed by atoms with Gasteiger partial charge in [0.15, 0.2) is 6.61 Å². The van der Waals surface area contributed by atoms with Gasteiger partial charge in [-0.3, -0.25) is 9.59 Å². The number of rotatable bonds is 9. The van der Waals surface area contributed by atoms with E-state index in [1.807, 2.05) is 84.0 Å². The molecule has 1 atom stereocenters. The van der Waals surface area contributed by atoms with Gasteiger partial charge in [-0.1, -0.05) is 31.2 Å². The molecule has 0 fully saturated rings. The highest BCUT2D eigenvalue weighted by atomic mass is 16.5. The second kappa shape index (κ2) is 11.0. The summed E-state index contributed by atoms with van der Waals surface area (Å²) in [6.45, 7) is 11.8. The van der Waals surface area contributed by atoms with Gasteiger partial charge >= 0.3 is 0 Å². The fraction of sp³-hybridized carbons (Fsp3) is 0.462. The Morgan fingerprint density at radius 3 is 2.41 bits per heavy atom. The van der Waals surface area contributed by atoms with Gasteiger partial charge in [-0.25, -0.2) is 0 Å². The summed E-state index contributed by atoms with van der Waals surface area (Å²) < 4.78 is 11.2. The minimum atomic E-state index is -0.616. The standard InChI is InChI=1S/C26H36N2O4/c1-8-22(25(30)27-26(4,5)6)28(16-20-12-10-13-21(15-20)31-7)24(29)17-32-23-14-9-11-18(2)19(23)3/h9-15,22H,8,16-17H2,1-7H3,(H,27,30). The summed E-state index contributed by atoms with van der Waals surface area (Å²) in [5, 5.41) is 3.01. The predicted molar refractivity (Wildman–Crippen MR) is 127 cm³/mol. The highest BCUT2D eigenvalue weighted by Gasteiger charge is 2.31. The van der Waals surface area contributed by atoms with Crippen molar-refractivity contribution in [3.63, 3.8) is 0 Å². The molecule has 2 amide bonds. The second-order valence-corrected chi connectivity index (χ2v) is 9.02. The van der Waals surface area contributed by atoms with Crippen LogP contribution in [0.25, 0.3) is 0 Å². The van der Waals surface area contributed by atoms with Crippen LogP contribution in [-0.2, 0) is 16.1 Å². The van der Waals surface area contributed by atoms with Crippen LogP contribution >= 0.6 is 0 Å². The summed E-state index contributed by atoms with van der Waals surface area (Å²) in [7, 11) is 1.60. The van der Waals surface area contributed by atoms with Crippen molar-refractivity contribution in [1.82, 2.24) is 10.2 Å². The molecule has 1 N–H and O–H groups in total. The minimum absolute atomic E-state index is 0.145. The number of benzene rings is 2. The summed E-state index contributed by atoms with van der Waals surface area (Å²) in [6, 6.07) is 12.7. The number of aryl methyl sites for hydroxylation is 1. The fourth-order valence-electron chi connectivity index (χ4n) is 3.44. The van der Waals surface area contributed by atoms with Crippen LogP contribution in [0.5, 0.6) is 11.5 Å². The van der Waals surface area contributed by atoms with Crippen molar-refractivity contribution in [2.45, 2.75) is 66.1 Å². The van der Waals surface area contributed by atoms with Gasteiger partial charge in [-0.2, -0.15) is 0 Å². The molecular weight excluding hydrogens is 404 g/mol. The molecule has 2 aromatic carbocycles. The van der Waals surface area contributed by atoms with Gasteiger partial charge in [0.2, 0.25) is 5.91 Å². The van der Waals surface area contributed by atoms with E-state index >= 15 is 0 Å². The first-order valence-electron chi connectivity index (χ1n) is 11.0. The minimum Gasteiger partial charge on any atom is -0.497 e. The van der Waals surface area contributed by atoms with Crippen LogP contribution in [0.4, 0.5) is 0 Å². The van der Waals surface area contributed by atoms with Crippen LogP contribution in [0, 0.1) is 13.8 Å². The number of nitrogens with one attached hydrogen (secondary N) is 1. The van der Waals surface area contributed by atoms with Gasteiger partial charge in [0.1, 0.15) is 17.5 Å². The zero-order valence-electron chi connectivity index (χ0n) is 20.3. The van der Waals surface area contributed by atoms with E-state index in [4.69, 9.17) is 9.47 Å². The van der Waals surface area contributed by atoms with E-state index in [0.29, 0.717) is 17.9 Å². The topological polar surface area (TPSA) is 67.9 Å². The second-order valence-electron chi connectivity index (χ2n) is 9.02. The lowest BCUT2D eigenvalue weighted by Gasteiger charge is -2.33. The van der Waals surface area contributed by atoms with Gasteiger partial charge in [0.25, 0.3) is 5.91 Å². The molecule has 6 heteroatoms. The van der Waals surface area contributed by atoms with Crippen molar-refractivity contribution in [1.29, 1.82) is 0 Å². The Morgan fingerprint density at radius 2 is 1.78 bits per heavy atom. The van der Waals surface area contributed by atoms with E-state index < -0.39 is 11.6 Å². The SMILES string of the molecule is CCC(C(=O)NC(C)(C)C)N(Cc1cccc(OC)c1)C(=O)COc1cccc(C)c1C. The van der Waals surface area contributed by atoms with E-state index in [-0.39, 0.29) is 25.0 Å². The van der Waals surface area contributed by atoms with E-state index in [9.17, 15) is 9.59 Å². The van der Waals surface area contributed by atoms with Crippen molar-refractivity contribution in [2.24, 2.45) is 0 Å². The number of carbonyl (C=O) groups excluding carboxylic acids is 2.